The maximum Gasteiger partial charge on any atom is 0.264 e. The van der Waals surface area contributed by atoms with Crippen LogP contribution in [0.15, 0.2) is 82.2 Å². The molecule has 0 aromatic heterocycles. The average Bonchev–Trinajstić information content (AvgIpc) is 2.97. The third-order valence-corrected chi connectivity index (χ3v) is 8.64. The summed E-state index contributed by atoms with van der Waals surface area (Å²) in [6.07, 6.45) is 0.735. The minimum Gasteiger partial charge on any atom is -0.497 e. The van der Waals surface area contributed by atoms with Gasteiger partial charge in [-0.05, 0) is 86.5 Å². The lowest BCUT2D eigenvalue weighted by molar-refractivity contribution is -0.139. The van der Waals surface area contributed by atoms with E-state index < -0.39 is 28.5 Å². The molecule has 11 heteroatoms. The zero-order valence-corrected chi connectivity index (χ0v) is 26.1. The quantitative estimate of drug-likeness (QED) is 0.265. The second-order valence-corrected chi connectivity index (χ2v) is 12.0. The van der Waals surface area contributed by atoms with Crippen molar-refractivity contribution >= 4 is 43.5 Å². The molecule has 220 valence electrons. The van der Waals surface area contributed by atoms with Crippen molar-refractivity contribution in [2.24, 2.45) is 0 Å². The third kappa shape index (κ3) is 8.46. The fourth-order valence-electron chi connectivity index (χ4n) is 4.08. The summed E-state index contributed by atoms with van der Waals surface area (Å²) in [6.45, 7) is 5.88. The number of nitrogens with zero attached hydrogens (tertiary/aromatic N) is 2. The standard InChI is InChI=1S/C30H36BrN3O6S/c1-5-18-32-30(36)22(3)33(20-23-8-7-9-27(19-23)39-4)29(35)21-34(25-12-14-26(15-13-25)40-6-2)41(37,38)28-16-10-24(31)11-17-28/h7-17,19,22H,5-6,18,20-21H2,1-4H3,(H,32,36)/t22-/m0/s1. The molecule has 0 bridgehead atoms. The molecule has 0 aliphatic heterocycles. The van der Waals surface area contributed by atoms with Crippen molar-refractivity contribution in [3.05, 3.63) is 82.8 Å². The maximum absolute atomic E-state index is 14.0. The molecule has 9 nitrogen and oxygen atoms in total. The molecule has 0 spiro atoms. The van der Waals surface area contributed by atoms with E-state index in [-0.39, 0.29) is 23.0 Å². The van der Waals surface area contributed by atoms with Gasteiger partial charge < -0.3 is 19.7 Å². The summed E-state index contributed by atoms with van der Waals surface area (Å²) in [4.78, 5) is 28.4. The average molecular weight is 647 g/mol. The van der Waals surface area contributed by atoms with Gasteiger partial charge in [0.2, 0.25) is 11.8 Å². The highest BCUT2D eigenvalue weighted by molar-refractivity contribution is 9.10. The van der Waals surface area contributed by atoms with Crippen molar-refractivity contribution < 1.29 is 27.5 Å². The molecule has 0 saturated heterocycles. The molecule has 1 atom stereocenters. The molecule has 3 aromatic carbocycles. The SMILES string of the molecule is CCCNC(=O)[C@H](C)N(Cc1cccc(OC)c1)C(=O)CN(c1ccc(OCC)cc1)S(=O)(=O)c1ccc(Br)cc1. The molecule has 0 unspecified atom stereocenters. The highest BCUT2D eigenvalue weighted by atomic mass is 79.9. The van der Waals surface area contributed by atoms with Crippen molar-refractivity contribution in [1.29, 1.82) is 0 Å². The number of halogens is 1. The highest BCUT2D eigenvalue weighted by Gasteiger charge is 2.32. The lowest BCUT2D eigenvalue weighted by Crippen LogP contribution is -2.51. The summed E-state index contributed by atoms with van der Waals surface area (Å²) >= 11 is 3.34. The molecular weight excluding hydrogens is 610 g/mol. The lowest BCUT2D eigenvalue weighted by atomic mass is 10.1. The van der Waals surface area contributed by atoms with Gasteiger partial charge in [-0.3, -0.25) is 13.9 Å². The first-order chi connectivity index (χ1) is 19.6. The Balaban J connectivity index is 2.03. The van der Waals surface area contributed by atoms with E-state index in [1.54, 1.807) is 68.6 Å². The number of carbonyl (C=O) groups excluding carboxylic acids is 2. The Morgan fingerprint density at radius 2 is 1.66 bits per heavy atom. The maximum atomic E-state index is 14.0. The van der Waals surface area contributed by atoms with Crippen LogP contribution < -0.4 is 19.1 Å². The first kappa shape index (κ1) is 32.0. The number of benzene rings is 3. The Morgan fingerprint density at radius 1 is 0.976 bits per heavy atom. The normalized spacial score (nSPS) is 11.8. The van der Waals surface area contributed by atoms with Crippen LogP contribution in [0.3, 0.4) is 0 Å². The van der Waals surface area contributed by atoms with Crippen molar-refractivity contribution in [1.82, 2.24) is 10.2 Å². The van der Waals surface area contributed by atoms with Crippen LogP contribution in [0.4, 0.5) is 5.69 Å². The molecule has 0 aliphatic rings. The van der Waals surface area contributed by atoms with E-state index in [0.29, 0.717) is 24.7 Å². The van der Waals surface area contributed by atoms with Gasteiger partial charge in [-0.2, -0.15) is 0 Å². The summed E-state index contributed by atoms with van der Waals surface area (Å²) in [6, 6.07) is 19.0. The van der Waals surface area contributed by atoms with E-state index in [1.807, 2.05) is 19.9 Å². The fourth-order valence-corrected chi connectivity index (χ4v) is 5.76. The summed E-state index contributed by atoms with van der Waals surface area (Å²) in [5.74, 6) is 0.310. The van der Waals surface area contributed by atoms with Gasteiger partial charge in [0, 0.05) is 17.6 Å². The monoisotopic (exact) mass is 645 g/mol. The molecule has 0 radical (unpaired) electrons. The molecule has 0 saturated carbocycles. The predicted molar refractivity (Wildman–Crippen MR) is 163 cm³/mol. The molecular formula is C30H36BrN3O6S. The van der Waals surface area contributed by atoms with E-state index in [2.05, 4.69) is 21.2 Å². The fraction of sp³-hybridized carbons (Fsp3) is 0.333. The predicted octanol–water partition coefficient (Wildman–Crippen LogP) is 5.00. The molecule has 3 aromatic rings. The van der Waals surface area contributed by atoms with Crippen LogP contribution >= 0.6 is 15.9 Å². The van der Waals surface area contributed by atoms with Crippen molar-refractivity contribution in [3.8, 4) is 11.5 Å². The first-order valence-electron chi connectivity index (χ1n) is 13.3. The van der Waals surface area contributed by atoms with Gasteiger partial charge in [-0.15, -0.1) is 0 Å². The van der Waals surface area contributed by atoms with Crippen molar-refractivity contribution in [3.63, 3.8) is 0 Å². The van der Waals surface area contributed by atoms with Gasteiger partial charge >= 0.3 is 0 Å². The lowest BCUT2D eigenvalue weighted by Gasteiger charge is -2.32. The van der Waals surface area contributed by atoms with Gasteiger partial charge in [-0.25, -0.2) is 8.42 Å². The Kier molecular flexibility index (Phi) is 11.6. The van der Waals surface area contributed by atoms with Crippen LogP contribution in [0, 0.1) is 0 Å². The second-order valence-electron chi connectivity index (χ2n) is 9.23. The number of nitrogens with one attached hydrogen (secondary N) is 1. The van der Waals surface area contributed by atoms with Crippen LogP contribution in [0.25, 0.3) is 0 Å². The Morgan fingerprint density at radius 3 is 2.27 bits per heavy atom. The summed E-state index contributed by atoms with van der Waals surface area (Å²) in [5, 5.41) is 2.83. The van der Waals surface area contributed by atoms with Crippen LogP contribution in [-0.2, 0) is 26.2 Å². The molecule has 3 rings (SSSR count). The number of methoxy groups -OCH3 is 1. The van der Waals surface area contributed by atoms with E-state index >= 15 is 0 Å². The zero-order chi connectivity index (χ0) is 30.0. The molecule has 1 N–H and O–H groups in total. The minimum atomic E-state index is -4.16. The van der Waals surface area contributed by atoms with Gasteiger partial charge in [0.25, 0.3) is 10.0 Å². The van der Waals surface area contributed by atoms with Crippen LogP contribution in [0.2, 0.25) is 0 Å². The Hall–Kier alpha value is -3.57. The molecule has 2 amide bonds. The van der Waals surface area contributed by atoms with Crippen LogP contribution in [0.1, 0.15) is 32.8 Å². The first-order valence-corrected chi connectivity index (χ1v) is 15.5. The largest absolute Gasteiger partial charge is 0.497 e. The number of rotatable bonds is 14. The molecule has 0 aliphatic carbocycles. The van der Waals surface area contributed by atoms with Crippen molar-refractivity contribution in [2.45, 2.75) is 44.7 Å². The van der Waals surface area contributed by atoms with E-state index in [0.717, 1.165) is 20.8 Å². The number of ether oxygens (including phenoxy) is 2. The van der Waals surface area contributed by atoms with Crippen molar-refractivity contribution in [2.75, 3.05) is 31.1 Å². The number of carbonyl (C=O) groups is 2. The van der Waals surface area contributed by atoms with Crippen LogP contribution in [-0.4, -0.2) is 58.0 Å². The number of anilines is 1. The van der Waals surface area contributed by atoms with Gasteiger partial charge in [0.05, 0.1) is 24.3 Å². The summed E-state index contributed by atoms with van der Waals surface area (Å²) < 4.78 is 40.4. The third-order valence-electron chi connectivity index (χ3n) is 6.32. The number of hydrogen-bond acceptors (Lipinski definition) is 6. The number of hydrogen-bond donors (Lipinski definition) is 1. The Bertz CT molecular complexity index is 1410. The number of sulfonamides is 1. The molecule has 0 heterocycles. The van der Waals surface area contributed by atoms with Gasteiger partial charge in [-0.1, -0.05) is 35.0 Å². The number of amides is 2. The van der Waals surface area contributed by atoms with Gasteiger partial charge in [0.15, 0.2) is 0 Å². The molecule has 0 fully saturated rings. The van der Waals surface area contributed by atoms with Crippen LogP contribution in [0.5, 0.6) is 11.5 Å². The topological polar surface area (TPSA) is 105 Å². The van der Waals surface area contributed by atoms with Gasteiger partial charge in [0.1, 0.15) is 24.1 Å². The van der Waals surface area contributed by atoms with E-state index in [1.165, 1.54) is 17.0 Å². The second kappa shape index (κ2) is 14.9. The zero-order valence-electron chi connectivity index (χ0n) is 23.7. The summed E-state index contributed by atoms with van der Waals surface area (Å²) in [5.41, 5.74) is 1.02. The minimum absolute atomic E-state index is 0.0236. The van der Waals surface area contributed by atoms with E-state index in [9.17, 15) is 18.0 Å². The smallest absolute Gasteiger partial charge is 0.264 e. The molecule has 41 heavy (non-hydrogen) atoms. The van der Waals surface area contributed by atoms with E-state index in [4.69, 9.17) is 9.47 Å². The Labute approximate surface area is 250 Å². The summed E-state index contributed by atoms with van der Waals surface area (Å²) in [7, 11) is -2.62. The highest BCUT2D eigenvalue weighted by Crippen LogP contribution is 2.27.